The summed E-state index contributed by atoms with van der Waals surface area (Å²) in [7, 11) is 0. The molecule has 1 saturated heterocycles. The third-order valence-electron chi connectivity index (χ3n) is 3.18. The maximum Gasteiger partial charge on any atom is 0.329 e. The summed E-state index contributed by atoms with van der Waals surface area (Å²) in [5, 5.41) is 2.36. The molecule has 0 spiro atoms. The Hall–Kier alpha value is -2.14. The van der Waals surface area contributed by atoms with Crippen molar-refractivity contribution in [1.82, 2.24) is 5.32 Å². The van der Waals surface area contributed by atoms with E-state index in [-0.39, 0.29) is 5.91 Å². The van der Waals surface area contributed by atoms with E-state index < -0.39 is 12.1 Å². The molecule has 0 saturated carbocycles. The Kier molecular flexibility index (Phi) is 3.28. The fraction of sp³-hybridized carbons (Fsp3) is 0.0667. The van der Waals surface area contributed by atoms with Gasteiger partial charge in [-0.3, -0.25) is 15.0 Å². The van der Waals surface area contributed by atoms with E-state index in [1.165, 1.54) is 4.90 Å². The Labute approximate surface area is 124 Å². The van der Waals surface area contributed by atoms with Crippen molar-refractivity contribution in [2.45, 2.75) is 6.04 Å². The highest BCUT2D eigenvalue weighted by atomic mass is 79.9. The van der Waals surface area contributed by atoms with Gasteiger partial charge < -0.3 is 0 Å². The predicted octanol–water partition coefficient (Wildman–Crippen LogP) is 3.25. The molecule has 20 heavy (non-hydrogen) atoms. The van der Waals surface area contributed by atoms with Gasteiger partial charge in [-0.25, -0.2) is 4.79 Å². The lowest BCUT2D eigenvalue weighted by molar-refractivity contribution is -0.119. The minimum absolute atomic E-state index is 0.302. The second-order valence-corrected chi connectivity index (χ2v) is 5.37. The molecule has 5 heteroatoms. The lowest BCUT2D eigenvalue weighted by Gasteiger charge is -2.22. The Balaban J connectivity index is 2.04. The quantitative estimate of drug-likeness (QED) is 0.859. The van der Waals surface area contributed by atoms with E-state index in [2.05, 4.69) is 21.2 Å². The Morgan fingerprint density at radius 2 is 1.60 bits per heavy atom. The number of carbonyl (C=O) groups excluding carboxylic acids is 2. The van der Waals surface area contributed by atoms with Crippen LogP contribution in [0, 0.1) is 0 Å². The molecule has 1 fully saturated rings. The number of hydrogen-bond donors (Lipinski definition) is 1. The molecular weight excluding hydrogens is 320 g/mol. The summed E-state index contributed by atoms with van der Waals surface area (Å²) < 4.78 is 0.920. The van der Waals surface area contributed by atoms with Crippen LogP contribution in [0.4, 0.5) is 10.5 Å². The summed E-state index contributed by atoms with van der Waals surface area (Å²) >= 11 is 3.36. The largest absolute Gasteiger partial charge is 0.329 e. The van der Waals surface area contributed by atoms with E-state index >= 15 is 0 Å². The van der Waals surface area contributed by atoms with Gasteiger partial charge in [-0.1, -0.05) is 46.3 Å². The lowest BCUT2D eigenvalue weighted by atomic mass is 10.1. The summed E-state index contributed by atoms with van der Waals surface area (Å²) in [5.41, 5.74) is 1.48. The number of nitrogens with one attached hydrogen (secondary N) is 1. The molecule has 3 amide bonds. The van der Waals surface area contributed by atoms with Crippen LogP contribution in [0.2, 0.25) is 0 Å². The van der Waals surface area contributed by atoms with Crippen LogP contribution < -0.4 is 10.2 Å². The number of anilines is 1. The molecule has 1 atom stereocenters. The second-order valence-electron chi connectivity index (χ2n) is 4.45. The van der Waals surface area contributed by atoms with Crippen molar-refractivity contribution in [2.24, 2.45) is 0 Å². The van der Waals surface area contributed by atoms with E-state index in [9.17, 15) is 9.59 Å². The SMILES string of the molecule is O=C1NC(=O)N(c2ccc(Br)cc2)C1c1ccccc1. The summed E-state index contributed by atoms with van der Waals surface area (Å²) in [6.45, 7) is 0. The van der Waals surface area contributed by atoms with Crippen molar-refractivity contribution >= 4 is 33.6 Å². The van der Waals surface area contributed by atoms with Crippen LogP contribution >= 0.6 is 15.9 Å². The Bertz CT molecular complexity index is 655. The molecular formula is C15H11BrN2O2. The summed E-state index contributed by atoms with van der Waals surface area (Å²) in [5.74, 6) is -0.302. The monoisotopic (exact) mass is 330 g/mol. The highest BCUT2D eigenvalue weighted by Crippen LogP contribution is 2.31. The van der Waals surface area contributed by atoms with Crippen molar-refractivity contribution in [2.75, 3.05) is 4.90 Å². The van der Waals surface area contributed by atoms with Gasteiger partial charge in [0.15, 0.2) is 0 Å². The van der Waals surface area contributed by atoms with Gasteiger partial charge in [0.2, 0.25) is 0 Å². The predicted molar refractivity (Wildman–Crippen MR) is 79.3 cm³/mol. The molecule has 100 valence electrons. The zero-order chi connectivity index (χ0) is 14.1. The van der Waals surface area contributed by atoms with Crippen molar-refractivity contribution in [1.29, 1.82) is 0 Å². The molecule has 0 aliphatic carbocycles. The highest BCUT2D eigenvalue weighted by Gasteiger charge is 2.40. The van der Waals surface area contributed by atoms with Crippen LogP contribution in [0.15, 0.2) is 59.1 Å². The number of hydrogen-bond acceptors (Lipinski definition) is 2. The zero-order valence-electron chi connectivity index (χ0n) is 10.4. The molecule has 4 nitrogen and oxygen atoms in total. The maximum absolute atomic E-state index is 12.1. The smallest absolute Gasteiger partial charge is 0.277 e. The van der Waals surface area contributed by atoms with Crippen molar-refractivity contribution in [3.8, 4) is 0 Å². The van der Waals surface area contributed by atoms with Gasteiger partial charge in [0.05, 0.1) is 0 Å². The number of rotatable bonds is 2. The van der Waals surface area contributed by atoms with Crippen LogP contribution in [0.5, 0.6) is 0 Å². The minimum Gasteiger partial charge on any atom is -0.277 e. The number of imide groups is 1. The number of amides is 3. The third kappa shape index (κ3) is 2.20. The standard InChI is InChI=1S/C15H11BrN2O2/c16-11-6-8-12(9-7-11)18-13(14(19)17-15(18)20)10-4-2-1-3-5-10/h1-9,13H,(H,17,19,20). The van der Waals surface area contributed by atoms with Gasteiger partial charge in [-0.05, 0) is 29.8 Å². The third-order valence-corrected chi connectivity index (χ3v) is 3.70. The number of nitrogens with zero attached hydrogens (tertiary/aromatic N) is 1. The van der Waals surface area contributed by atoms with Gasteiger partial charge >= 0.3 is 6.03 Å². The van der Waals surface area contributed by atoms with Crippen molar-refractivity contribution < 1.29 is 9.59 Å². The molecule has 0 bridgehead atoms. The van der Waals surface area contributed by atoms with E-state index in [0.29, 0.717) is 5.69 Å². The first kappa shape index (κ1) is 12.9. The molecule has 1 aliphatic heterocycles. The summed E-state index contributed by atoms with van der Waals surface area (Å²) in [6, 6.07) is 15.5. The first-order chi connectivity index (χ1) is 9.66. The number of halogens is 1. The molecule has 1 heterocycles. The molecule has 2 aromatic carbocycles. The first-order valence-electron chi connectivity index (χ1n) is 6.11. The van der Waals surface area contributed by atoms with Crippen LogP contribution in [0.25, 0.3) is 0 Å². The van der Waals surface area contributed by atoms with E-state index in [1.807, 2.05) is 42.5 Å². The number of carbonyl (C=O) groups is 2. The topological polar surface area (TPSA) is 49.4 Å². The zero-order valence-corrected chi connectivity index (χ0v) is 12.0. The Morgan fingerprint density at radius 3 is 2.25 bits per heavy atom. The molecule has 1 N–H and O–H groups in total. The average Bonchev–Trinajstić information content (AvgIpc) is 2.75. The van der Waals surface area contributed by atoms with Crippen LogP contribution in [-0.4, -0.2) is 11.9 Å². The van der Waals surface area contributed by atoms with Crippen LogP contribution in [0.3, 0.4) is 0 Å². The maximum atomic E-state index is 12.1. The van der Waals surface area contributed by atoms with Crippen molar-refractivity contribution in [3.05, 3.63) is 64.6 Å². The van der Waals surface area contributed by atoms with Gasteiger partial charge in [0.1, 0.15) is 6.04 Å². The van der Waals surface area contributed by atoms with Gasteiger partial charge in [0, 0.05) is 10.2 Å². The van der Waals surface area contributed by atoms with E-state index in [0.717, 1.165) is 10.0 Å². The van der Waals surface area contributed by atoms with Gasteiger partial charge in [-0.2, -0.15) is 0 Å². The Morgan fingerprint density at radius 1 is 0.950 bits per heavy atom. The van der Waals surface area contributed by atoms with Crippen LogP contribution in [-0.2, 0) is 4.79 Å². The van der Waals surface area contributed by atoms with E-state index in [4.69, 9.17) is 0 Å². The molecule has 0 radical (unpaired) electrons. The molecule has 0 aromatic heterocycles. The van der Waals surface area contributed by atoms with Crippen LogP contribution in [0.1, 0.15) is 11.6 Å². The summed E-state index contributed by atoms with van der Waals surface area (Å²) in [6.07, 6.45) is 0. The normalized spacial score (nSPS) is 18.2. The van der Waals surface area contributed by atoms with Gasteiger partial charge in [0.25, 0.3) is 5.91 Å². The molecule has 2 aromatic rings. The fourth-order valence-electron chi connectivity index (χ4n) is 2.27. The number of benzene rings is 2. The lowest BCUT2D eigenvalue weighted by Crippen LogP contribution is -2.29. The average molecular weight is 331 g/mol. The second kappa shape index (κ2) is 5.09. The van der Waals surface area contributed by atoms with Crippen molar-refractivity contribution in [3.63, 3.8) is 0 Å². The fourth-order valence-corrected chi connectivity index (χ4v) is 2.54. The summed E-state index contributed by atoms with van der Waals surface area (Å²) in [4.78, 5) is 25.6. The first-order valence-corrected chi connectivity index (χ1v) is 6.91. The molecule has 1 aliphatic rings. The minimum atomic E-state index is -0.620. The van der Waals surface area contributed by atoms with Gasteiger partial charge in [-0.15, -0.1) is 0 Å². The number of urea groups is 1. The van der Waals surface area contributed by atoms with E-state index in [1.54, 1.807) is 12.1 Å². The molecule has 1 unspecified atom stereocenters. The highest BCUT2D eigenvalue weighted by molar-refractivity contribution is 9.10. The molecule has 3 rings (SSSR count).